The number of carbonyl (C=O) groups is 1. The van der Waals surface area contributed by atoms with Crippen molar-refractivity contribution in [2.24, 2.45) is 0 Å². The first-order valence-electron chi connectivity index (χ1n) is 4.93. The van der Waals surface area contributed by atoms with Crippen molar-refractivity contribution in [2.45, 2.75) is 6.61 Å². The largest absolute Gasteiger partial charge is 0.435 e. The van der Waals surface area contributed by atoms with E-state index in [1.165, 1.54) is 30.3 Å². The topological polar surface area (TPSA) is 29.5 Å². The lowest BCUT2D eigenvalue weighted by Crippen LogP contribution is -2.04. The van der Waals surface area contributed by atoms with Crippen LogP contribution in [0.25, 0.3) is 0 Å². The van der Waals surface area contributed by atoms with E-state index in [1.54, 1.807) is 25.2 Å². The molecule has 1 aromatic carbocycles. The molecule has 0 aliphatic rings. The molecule has 0 unspecified atom stereocenters. The van der Waals surface area contributed by atoms with Crippen molar-refractivity contribution in [1.29, 1.82) is 0 Å². The van der Waals surface area contributed by atoms with Crippen LogP contribution in [0.1, 0.15) is 10.4 Å². The predicted molar refractivity (Wildman–Crippen MR) is 60.2 cm³/mol. The Morgan fingerprint density at radius 1 is 1.29 bits per heavy atom. The van der Waals surface area contributed by atoms with Crippen molar-refractivity contribution in [2.75, 3.05) is 14.1 Å². The van der Waals surface area contributed by atoms with E-state index < -0.39 is 6.61 Å². The first-order valence-corrected chi connectivity index (χ1v) is 4.93. The van der Waals surface area contributed by atoms with Crippen LogP contribution in [0, 0.1) is 0 Å². The van der Waals surface area contributed by atoms with Crippen molar-refractivity contribution in [3.63, 3.8) is 0 Å². The minimum absolute atomic E-state index is 0.0353. The van der Waals surface area contributed by atoms with Gasteiger partial charge in [0.15, 0.2) is 5.78 Å². The van der Waals surface area contributed by atoms with Crippen LogP contribution in [-0.4, -0.2) is 31.4 Å². The predicted octanol–water partition coefficient (Wildman–Crippen LogP) is 2.55. The maximum absolute atomic E-state index is 11.9. The number of ketones is 1. The number of hydrogen-bond donors (Lipinski definition) is 0. The third-order valence-electron chi connectivity index (χ3n) is 1.89. The van der Waals surface area contributed by atoms with Crippen molar-refractivity contribution in [1.82, 2.24) is 4.90 Å². The highest BCUT2D eigenvalue weighted by Gasteiger charge is 2.05. The molecule has 1 rings (SSSR count). The zero-order valence-electron chi connectivity index (χ0n) is 9.56. The number of halogens is 2. The molecule has 0 aliphatic heterocycles. The van der Waals surface area contributed by atoms with Gasteiger partial charge < -0.3 is 9.64 Å². The summed E-state index contributed by atoms with van der Waals surface area (Å²) in [6, 6.07) is 5.56. The molecular weight excluding hydrogens is 228 g/mol. The van der Waals surface area contributed by atoms with E-state index in [0.717, 1.165) is 0 Å². The second-order valence-corrected chi connectivity index (χ2v) is 3.55. The molecule has 0 amide bonds. The van der Waals surface area contributed by atoms with E-state index in [0.29, 0.717) is 5.56 Å². The van der Waals surface area contributed by atoms with Gasteiger partial charge in [0.05, 0.1) is 0 Å². The highest BCUT2D eigenvalue weighted by atomic mass is 19.3. The van der Waals surface area contributed by atoms with Gasteiger partial charge in [0.25, 0.3) is 0 Å². The highest BCUT2D eigenvalue weighted by molar-refractivity contribution is 6.04. The average Bonchev–Trinajstić information content (AvgIpc) is 2.26. The maximum atomic E-state index is 11.9. The molecule has 0 saturated carbocycles. The summed E-state index contributed by atoms with van der Waals surface area (Å²) in [5.41, 5.74) is 0.421. The second-order valence-electron chi connectivity index (χ2n) is 3.55. The molecule has 0 fully saturated rings. The quantitative estimate of drug-likeness (QED) is 0.586. The van der Waals surface area contributed by atoms with Crippen LogP contribution in [-0.2, 0) is 0 Å². The van der Waals surface area contributed by atoms with E-state index in [1.807, 2.05) is 0 Å². The lowest BCUT2D eigenvalue weighted by atomic mass is 10.1. The van der Waals surface area contributed by atoms with Crippen LogP contribution in [0.3, 0.4) is 0 Å². The summed E-state index contributed by atoms with van der Waals surface area (Å²) in [4.78, 5) is 13.3. The fraction of sp³-hybridized carbons (Fsp3) is 0.250. The first-order chi connectivity index (χ1) is 7.99. The molecule has 0 saturated heterocycles. The van der Waals surface area contributed by atoms with Crippen LogP contribution < -0.4 is 4.74 Å². The number of allylic oxidation sites excluding steroid dienone is 1. The third kappa shape index (κ3) is 4.63. The molecule has 92 valence electrons. The lowest BCUT2D eigenvalue weighted by Gasteiger charge is -2.05. The van der Waals surface area contributed by atoms with Gasteiger partial charge in [-0.3, -0.25) is 4.79 Å². The minimum Gasteiger partial charge on any atom is -0.435 e. The van der Waals surface area contributed by atoms with Crippen LogP contribution in [0.5, 0.6) is 5.75 Å². The summed E-state index contributed by atoms with van der Waals surface area (Å²) in [6.45, 7) is -2.86. The smallest absolute Gasteiger partial charge is 0.387 e. The summed E-state index contributed by atoms with van der Waals surface area (Å²) in [7, 11) is 3.59. The second kappa shape index (κ2) is 5.98. The normalized spacial score (nSPS) is 10.9. The number of alkyl halides is 2. The van der Waals surface area contributed by atoms with E-state index >= 15 is 0 Å². The molecule has 0 heterocycles. The van der Waals surface area contributed by atoms with E-state index in [2.05, 4.69) is 4.74 Å². The van der Waals surface area contributed by atoms with E-state index in [4.69, 9.17) is 0 Å². The summed E-state index contributed by atoms with van der Waals surface area (Å²) in [6.07, 6.45) is 3.02. The van der Waals surface area contributed by atoms with Gasteiger partial charge in [-0.15, -0.1) is 0 Å². The molecule has 0 radical (unpaired) electrons. The van der Waals surface area contributed by atoms with Gasteiger partial charge in [-0.2, -0.15) is 8.78 Å². The number of benzene rings is 1. The van der Waals surface area contributed by atoms with Crippen molar-refractivity contribution >= 4 is 5.78 Å². The van der Waals surface area contributed by atoms with Gasteiger partial charge in [0, 0.05) is 31.9 Å². The van der Waals surface area contributed by atoms with Gasteiger partial charge in [0.1, 0.15) is 5.75 Å². The molecule has 0 N–H and O–H groups in total. The van der Waals surface area contributed by atoms with Gasteiger partial charge in [0.2, 0.25) is 0 Å². The molecular formula is C12H13F2NO2. The van der Waals surface area contributed by atoms with Crippen molar-refractivity contribution in [3.8, 4) is 5.75 Å². The molecule has 0 spiro atoms. The number of carbonyl (C=O) groups excluding carboxylic acids is 1. The number of ether oxygens (including phenoxy) is 1. The Hall–Kier alpha value is -1.91. The number of rotatable bonds is 5. The number of nitrogens with zero attached hydrogens (tertiary/aromatic N) is 1. The van der Waals surface area contributed by atoms with Gasteiger partial charge in [-0.25, -0.2) is 0 Å². The summed E-state index contributed by atoms with van der Waals surface area (Å²) in [5.74, 6) is -0.157. The fourth-order valence-electron chi connectivity index (χ4n) is 1.11. The molecule has 5 heteroatoms. The monoisotopic (exact) mass is 241 g/mol. The van der Waals surface area contributed by atoms with Crippen molar-refractivity contribution < 1.29 is 18.3 Å². The zero-order chi connectivity index (χ0) is 12.8. The molecule has 1 aromatic rings. The molecule has 0 aliphatic carbocycles. The molecule has 17 heavy (non-hydrogen) atoms. The zero-order valence-corrected chi connectivity index (χ0v) is 9.56. The Bertz CT molecular complexity index is 399. The van der Waals surface area contributed by atoms with Gasteiger partial charge >= 0.3 is 6.61 Å². The van der Waals surface area contributed by atoms with Gasteiger partial charge in [-0.05, 0) is 24.3 Å². The summed E-state index contributed by atoms with van der Waals surface area (Å²) < 4.78 is 27.9. The lowest BCUT2D eigenvalue weighted by molar-refractivity contribution is -0.0498. The van der Waals surface area contributed by atoms with Crippen LogP contribution in [0.4, 0.5) is 8.78 Å². The first kappa shape index (κ1) is 13.2. The van der Waals surface area contributed by atoms with Crippen molar-refractivity contribution in [3.05, 3.63) is 42.1 Å². The van der Waals surface area contributed by atoms with Crippen LogP contribution in [0.2, 0.25) is 0 Å². The Labute approximate surface area is 98.3 Å². The van der Waals surface area contributed by atoms with Crippen LogP contribution >= 0.6 is 0 Å². The molecule has 0 bridgehead atoms. The summed E-state index contributed by atoms with van der Waals surface area (Å²) in [5, 5.41) is 0. The Morgan fingerprint density at radius 2 is 1.88 bits per heavy atom. The maximum Gasteiger partial charge on any atom is 0.387 e. The summed E-state index contributed by atoms with van der Waals surface area (Å²) >= 11 is 0. The number of hydrogen-bond acceptors (Lipinski definition) is 3. The van der Waals surface area contributed by atoms with Gasteiger partial charge in [-0.1, -0.05) is 0 Å². The minimum atomic E-state index is -2.86. The third-order valence-corrected chi connectivity index (χ3v) is 1.89. The Morgan fingerprint density at radius 3 is 2.35 bits per heavy atom. The highest BCUT2D eigenvalue weighted by Crippen LogP contribution is 2.15. The molecule has 3 nitrogen and oxygen atoms in total. The average molecular weight is 241 g/mol. The molecule has 0 aromatic heterocycles. The SMILES string of the molecule is CN(C)C=CC(=O)c1ccc(OC(F)F)cc1. The van der Waals surface area contributed by atoms with E-state index in [9.17, 15) is 13.6 Å². The fourth-order valence-corrected chi connectivity index (χ4v) is 1.11. The van der Waals surface area contributed by atoms with Crippen LogP contribution in [0.15, 0.2) is 36.5 Å². The Kier molecular flexibility index (Phi) is 4.63. The van der Waals surface area contributed by atoms with E-state index in [-0.39, 0.29) is 11.5 Å². The molecule has 0 atom stereocenters. The Balaban J connectivity index is 2.70. The standard InChI is InChI=1S/C12H13F2NO2/c1-15(2)8-7-11(16)9-3-5-10(6-4-9)17-12(13)14/h3-8,12H,1-2H3.